The lowest BCUT2D eigenvalue weighted by Gasteiger charge is -2.13. The zero-order valence-corrected chi connectivity index (χ0v) is 8.77. The van der Waals surface area contributed by atoms with Crippen molar-refractivity contribution in [3.05, 3.63) is 59.4 Å². The Morgan fingerprint density at radius 2 is 1.94 bits per heavy atom. The standard InChI is InChI=1S/C12H10F2N2O/c13-8-5-4-7(10(14)12(8)17)11(15)9-3-1-2-6-16-9/h1-6,11,17H,15H2. The predicted molar refractivity (Wildman–Crippen MR) is 58.3 cm³/mol. The Balaban J connectivity index is 2.45. The molecule has 88 valence electrons. The first-order valence-corrected chi connectivity index (χ1v) is 4.94. The van der Waals surface area contributed by atoms with Crippen molar-refractivity contribution in [3.8, 4) is 5.75 Å². The summed E-state index contributed by atoms with van der Waals surface area (Å²) in [4.78, 5) is 3.98. The van der Waals surface area contributed by atoms with Crippen LogP contribution >= 0.6 is 0 Å². The Kier molecular flexibility index (Phi) is 3.01. The molecule has 5 heteroatoms. The third-order valence-corrected chi connectivity index (χ3v) is 2.44. The van der Waals surface area contributed by atoms with Crippen molar-refractivity contribution >= 4 is 0 Å². The molecule has 0 aliphatic carbocycles. The molecule has 2 rings (SSSR count). The molecule has 0 saturated carbocycles. The van der Waals surface area contributed by atoms with Gasteiger partial charge in [0.1, 0.15) is 0 Å². The number of phenols is 1. The van der Waals surface area contributed by atoms with Gasteiger partial charge in [0.2, 0.25) is 0 Å². The summed E-state index contributed by atoms with van der Waals surface area (Å²) in [6, 6.07) is 6.37. The highest BCUT2D eigenvalue weighted by Gasteiger charge is 2.19. The fourth-order valence-electron chi connectivity index (χ4n) is 1.52. The SMILES string of the molecule is NC(c1ccccn1)c1ccc(F)c(O)c1F. The average Bonchev–Trinajstić information content (AvgIpc) is 2.36. The molecular weight excluding hydrogens is 226 g/mol. The van der Waals surface area contributed by atoms with Gasteiger partial charge in [0.05, 0.1) is 11.7 Å². The van der Waals surface area contributed by atoms with Crippen molar-refractivity contribution in [1.29, 1.82) is 0 Å². The molecule has 0 bridgehead atoms. The number of benzene rings is 1. The lowest BCUT2D eigenvalue weighted by atomic mass is 10.0. The second kappa shape index (κ2) is 4.47. The van der Waals surface area contributed by atoms with Crippen LogP contribution in [0.3, 0.4) is 0 Å². The monoisotopic (exact) mass is 236 g/mol. The summed E-state index contributed by atoms with van der Waals surface area (Å²) < 4.78 is 26.5. The van der Waals surface area contributed by atoms with E-state index in [-0.39, 0.29) is 5.56 Å². The predicted octanol–water partition coefficient (Wildman–Crippen LogP) is 2.11. The molecule has 3 N–H and O–H groups in total. The summed E-state index contributed by atoms with van der Waals surface area (Å²) in [6.45, 7) is 0. The van der Waals surface area contributed by atoms with Gasteiger partial charge >= 0.3 is 0 Å². The number of nitrogens with zero attached hydrogens (tertiary/aromatic N) is 1. The van der Waals surface area contributed by atoms with Crippen LogP contribution < -0.4 is 5.73 Å². The highest BCUT2D eigenvalue weighted by Crippen LogP contribution is 2.28. The molecular formula is C12H10F2N2O. The van der Waals surface area contributed by atoms with Crippen molar-refractivity contribution in [2.45, 2.75) is 6.04 Å². The van der Waals surface area contributed by atoms with Gasteiger partial charge in [-0.05, 0) is 18.2 Å². The Labute approximate surface area is 96.5 Å². The van der Waals surface area contributed by atoms with Gasteiger partial charge in [0.25, 0.3) is 0 Å². The summed E-state index contributed by atoms with van der Waals surface area (Å²) in [6.07, 6.45) is 1.52. The molecule has 3 nitrogen and oxygen atoms in total. The molecule has 17 heavy (non-hydrogen) atoms. The number of hydrogen-bond donors (Lipinski definition) is 2. The minimum absolute atomic E-state index is 0.00241. The Morgan fingerprint density at radius 3 is 2.59 bits per heavy atom. The molecule has 2 aromatic rings. The van der Waals surface area contributed by atoms with Gasteiger partial charge in [-0.1, -0.05) is 12.1 Å². The number of halogens is 2. The van der Waals surface area contributed by atoms with E-state index >= 15 is 0 Å². The zero-order valence-electron chi connectivity index (χ0n) is 8.77. The maximum absolute atomic E-state index is 13.6. The summed E-state index contributed by atoms with van der Waals surface area (Å²) in [5.74, 6) is -3.09. The molecule has 0 saturated heterocycles. The topological polar surface area (TPSA) is 59.1 Å². The van der Waals surface area contributed by atoms with Crippen molar-refractivity contribution in [2.24, 2.45) is 5.73 Å². The minimum atomic E-state index is -1.05. The second-order valence-corrected chi connectivity index (χ2v) is 3.53. The number of nitrogens with two attached hydrogens (primary N) is 1. The smallest absolute Gasteiger partial charge is 0.188 e. The van der Waals surface area contributed by atoms with E-state index < -0.39 is 23.4 Å². The van der Waals surface area contributed by atoms with E-state index in [2.05, 4.69) is 4.98 Å². The van der Waals surface area contributed by atoms with Crippen LogP contribution in [-0.4, -0.2) is 10.1 Å². The van der Waals surface area contributed by atoms with Crippen LogP contribution in [0, 0.1) is 11.6 Å². The van der Waals surface area contributed by atoms with E-state index in [0.717, 1.165) is 6.07 Å². The molecule has 0 aliphatic heterocycles. The third-order valence-electron chi connectivity index (χ3n) is 2.44. The maximum atomic E-state index is 13.6. The van der Waals surface area contributed by atoms with Crippen LogP contribution in [0.4, 0.5) is 8.78 Å². The largest absolute Gasteiger partial charge is 0.503 e. The molecule has 1 unspecified atom stereocenters. The summed E-state index contributed by atoms with van der Waals surface area (Å²) >= 11 is 0. The zero-order chi connectivity index (χ0) is 12.4. The van der Waals surface area contributed by atoms with Crippen molar-refractivity contribution in [3.63, 3.8) is 0 Å². The van der Waals surface area contributed by atoms with Gasteiger partial charge in [-0.15, -0.1) is 0 Å². The molecule has 0 spiro atoms. The number of phenolic OH excluding ortho intramolecular Hbond substituents is 1. The molecule has 0 fully saturated rings. The van der Waals surface area contributed by atoms with Crippen LogP contribution in [0.2, 0.25) is 0 Å². The molecule has 0 radical (unpaired) electrons. The fraction of sp³-hybridized carbons (Fsp3) is 0.0833. The van der Waals surface area contributed by atoms with Crippen LogP contribution in [-0.2, 0) is 0 Å². The average molecular weight is 236 g/mol. The van der Waals surface area contributed by atoms with Crippen molar-refractivity contribution in [1.82, 2.24) is 4.98 Å². The summed E-state index contributed by atoms with van der Waals surface area (Å²) in [5, 5.41) is 9.16. The summed E-state index contributed by atoms with van der Waals surface area (Å²) in [5.41, 5.74) is 6.24. The van der Waals surface area contributed by atoms with Crippen molar-refractivity contribution < 1.29 is 13.9 Å². The van der Waals surface area contributed by atoms with Gasteiger partial charge in [0.15, 0.2) is 17.4 Å². The Hall–Kier alpha value is -2.01. The van der Waals surface area contributed by atoms with E-state index in [0.29, 0.717) is 5.69 Å². The van der Waals surface area contributed by atoms with E-state index in [1.807, 2.05) is 0 Å². The van der Waals surface area contributed by atoms with Gasteiger partial charge in [-0.2, -0.15) is 0 Å². The fourth-order valence-corrected chi connectivity index (χ4v) is 1.52. The van der Waals surface area contributed by atoms with Gasteiger partial charge in [0, 0.05) is 11.8 Å². The van der Waals surface area contributed by atoms with Crippen LogP contribution in [0.25, 0.3) is 0 Å². The van der Waals surface area contributed by atoms with Gasteiger partial charge < -0.3 is 10.8 Å². The second-order valence-electron chi connectivity index (χ2n) is 3.53. The first-order valence-electron chi connectivity index (χ1n) is 4.94. The van der Waals surface area contributed by atoms with E-state index in [1.165, 1.54) is 12.3 Å². The Bertz CT molecular complexity index is 532. The van der Waals surface area contributed by atoms with Crippen LogP contribution in [0.15, 0.2) is 36.5 Å². The highest BCUT2D eigenvalue weighted by atomic mass is 19.1. The minimum Gasteiger partial charge on any atom is -0.503 e. The number of hydrogen-bond acceptors (Lipinski definition) is 3. The van der Waals surface area contributed by atoms with E-state index in [4.69, 9.17) is 10.8 Å². The van der Waals surface area contributed by atoms with Crippen LogP contribution in [0.1, 0.15) is 17.3 Å². The van der Waals surface area contributed by atoms with Crippen molar-refractivity contribution in [2.75, 3.05) is 0 Å². The van der Waals surface area contributed by atoms with Gasteiger partial charge in [-0.3, -0.25) is 4.98 Å². The Morgan fingerprint density at radius 1 is 1.18 bits per heavy atom. The molecule has 1 aromatic heterocycles. The van der Waals surface area contributed by atoms with E-state index in [9.17, 15) is 8.78 Å². The first kappa shape index (κ1) is 11.5. The molecule has 1 heterocycles. The quantitative estimate of drug-likeness (QED) is 0.839. The highest BCUT2D eigenvalue weighted by molar-refractivity contribution is 5.36. The normalized spacial score (nSPS) is 12.4. The number of pyridine rings is 1. The lowest BCUT2D eigenvalue weighted by molar-refractivity contribution is 0.391. The third kappa shape index (κ3) is 2.09. The maximum Gasteiger partial charge on any atom is 0.188 e. The first-order chi connectivity index (χ1) is 8.11. The van der Waals surface area contributed by atoms with E-state index in [1.54, 1.807) is 18.2 Å². The van der Waals surface area contributed by atoms with Crippen LogP contribution in [0.5, 0.6) is 5.75 Å². The molecule has 1 atom stereocenters. The number of aromatic hydroxyl groups is 1. The molecule has 0 amide bonds. The molecule has 1 aromatic carbocycles. The number of aromatic nitrogens is 1. The number of rotatable bonds is 2. The summed E-state index contributed by atoms with van der Waals surface area (Å²) in [7, 11) is 0. The molecule has 0 aliphatic rings. The van der Waals surface area contributed by atoms with Gasteiger partial charge in [-0.25, -0.2) is 8.78 Å². The lowest BCUT2D eigenvalue weighted by Crippen LogP contribution is -2.15.